The highest BCUT2D eigenvalue weighted by atomic mass is 19.2. The monoisotopic (exact) mass is 309 g/mol. The molecule has 1 fully saturated rings. The molecule has 1 aromatic carbocycles. The van der Waals surface area contributed by atoms with Gasteiger partial charge in [0.2, 0.25) is 0 Å². The van der Waals surface area contributed by atoms with Gasteiger partial charge in [-0.3, -0.25) is 4.79 Å². The first-order chi connectivity index (χ1) is 10.6. The van der Waals surface area contributed by atoms with E-state index in [4.69, 9.17) is 0 Å². The summed E-state index contributed by atoms with van der Waals surface area (Å²) in [6, 6.07) is 1.75. The van der Waals surface area contributed by atoms with E-state index in [0.29, 0.717) is 25.9 Å². The van der Waals surface area contributed by atoms with Gasteiger partial charge in [-0.25, -0.2) is 18.2 Å². The third-order valence-electron chi connectivity index (χ3n) is 3.95. The molecule has 3 rings (SSSR count). The Morgan fingerprint density at radius 3 is 2.55 bits per heavy atom. The molecule has 1 aliphatic rings. The summed E-state index contributed by atoms with van der Waals surface area (Å²) in [5.41, 5.74) is -0.435. The number of hydrogen-bond donors (Lipinski definition) is 1. The lowest BCUT2D eigenvalue weighted by atomic mass is 9.95. The minimum atomic E-state index is -1.61. The lowest BCUT2D eigenvalue weighted by molar-refractivity contribution is 0.0705. The molecule has 4 nitrogen and oxygen atoms in total. The molecule has 116 valence electrons. The number of hydrogen-bond acceptors (Lipinski definition) is 2. The van der Waals surface area contributed by atoms with Crippen molar-refractivity contribution in [2.24, 2.45) is 0 Å². The van der Waals surface area contributed by atoms with Crippen molar-refractivity contribution in [3.8, 4) is 0 Å². The molecule has 0 atom stereocenters. The van der Waals surface area contributed by atoms with Crippen LogP contribution in [0.4, 0.5) is 13.2 Å². The van der Waals surface area contributed by atoms with Crippen LogP contribution in [-0.2, 0) is 0 Å². The zero-order valence-electron chi connectivity index (χ0n) is 11.7. The highest BCUT2D eigenvalue weighted by Gasteiger charge is 2.28. The Labute approximate surface area is 125 Å². The number of nitrogens with one attached hydrogen (secondary N) is 1. The number of halogens is 3. The Morgan fingerprint density at radius 2 is 1.91 bits per heavy atom. The predicted octanol–water partition coefficient (Wildman–Crippen LogP) is 2.85. The summed E-state index contributed by atoms with van der Waals surface area (Å²) in [6.45, 7) is 0.839. The van der Waals surface area contributed by atoms with Gasteiger partial charge in [0.15, 0.2) is 17.5 Å². The van der Waals surface area contributed by atoms with E-state index in [-0.39, 0.29) is 5.92 Å². The van der Waals surface area contributed by atoms with Crippen LogP contribution in [0, 0.1) is 17.5 Å². The van der Waals surface area contributed by atoms with Crippen molar-refractivity contribution in [1.82, 2.24) is 14.9 Å². The molecule has 0 unspecified atom stereocenters. The standard InChI is InChI=1S/C15H14F3N3O/c16-11-2-1-10(12(17)13(11)18)15(22)21-7-3-9(4-8-21)14-19-5-6-20-14/h1-2,5-6,9H,3-4,7-8H2,(H,19,20). The maximum atomic E-state index is 13.7. The fraction of sp³-hybridized carbons (Fsp3) is 0.333. The molecule has 22 heavy (non-hydrogen) atoms. The highest BCUT2D eigenvalue weighted by molar-refractivity contribution is 5.94. The second-order valence-corrected chi connectivity index (χ2v) is 5.26. The molecule has 2 aromatic rings. The molecule has 0 saturated carbocycles. The third kappa shape index (κ3) is 2.58. The van der Waals surface area contributed by atoms with Crippen LogP contribution in [0.2, 0.25) is 0 Å². The zero-order valence-corrected chi connectivity index (χ0v) is 11.7. The number of carbonyl (C=O) groups excluding carboxylic acids is 1. The lowest BCUT2D eigenvalue weighted by Gasteiger charge is -2.31. The molecular formula is C15H14F3N3O. The summed E-state index contributed by atoms with van der Waals surface area (Å²) in [7, 11) is 0. The predicted molar refractivity (Wildman–Crippen MR) is 72.8 cm³/mol. The van der Waals surface area contributed by atoms with E-state index < -0.39 is 28.9 Å². The van der Waals surface area contributed by atoms with Crippen LogP contribution >= 0.6 is 0 Å². The maximum absolute atomic E-state index is 13.7. The van der Waals surface area contributed by atoms with Crippen LogP contribution in [-0.4, -0.2) is 33.9 Å². The average Bonchev–Trinajstić information content (AvgIpc) is 3.07. The van der Waals surface area contributed by atoms with Gasteiger partial charge < -0.3 is 9.88 Å². The van der Waals surface area contributed by atoms with Crippen molar-refractivity contribution in [2.45, 2.75) is 18.8 Å². The van der Waals surface area contributed by atoms with Crippen molar-refractivity contribution >= 4 is 5.91 Å². The summed E-state index contributed by atoms with van der Waals surface area (Å²) in [4.78, 5) is 20.9. The first-order valence-electron chi connectivity index (χ1n) is 7.00. The highest BCUT2D eigenvalue weighted by Crippen LogP contribution is 2.27. The lowest BCUT2D eigenvalue weighted by Crippen LogP contribution is -2.38. The molecule has 0 bridgehead atoms. The average molecular weight is 309 g/mol. The normalized spacial score (nSPS) is 16.0. The van der Waals surface area contributed by atoms with Gasteiger partial charge in [-0.1, -0.05) is 0 Å². The Balaban J connectivity index is 1.71. The van der Waals surface area contributed by atoms with Crippen molar-refractivity contribution in [3.05, 3.63) is 53.4 Å². The summed E-state index contributed by atoms with van der Waals surface area (Å²) in [5.74, 6) is -3.88. The van der Waals surface area contributed by atoms with Crippen molar-refractivity contribution in [2.75, 3.05) is 13.1 Å². The van der Waals surface area contributed by atoms with Crippen molar-refractivity contribution in [1.29, 1.82) is 0 Å². The second kappa shape index (κ2) is 5.82. The van der Waals surface area contributed by atoms with Gasteiger partial charge in [-0.2, -0.15) is 0 Å². The van der Waals surface area contributed by atoms with Crippen LogP contribution in [0.1, 0.15) is 34.9 Å². The molecule has 2 heterocycles. The number of carbonyl (C=O) groups is 1. The van der Waals surface area contributed by atoms with E-state index in [1.165, 1.54) is 4.90 Å². The summed E-state index contributed by atoms with van der Waals surface area (Å²) < 4.78 is 39.8. The van der Waals surface area contributed by atoms with Gasteiger partial charge in [-0.05, 0) is 25.0 Å². The Bertz CT molecular complexity index is 680. The number of amides is 1. The molecular weight excluding hydrogens is 295 g/mol. The largest absolute Gasteiger partial charge is 0.348 e. The molecule has 1 amide bonds. The fourth-order valence-corrected chi connectivity index (χ4v) is 2.72. The number of H-pyrrole nitrogens is 1. The molecule has 1 N–H and O–H groups in total. The Hall–Kier alpha value is -2.31. The third-order valence-corrected chi connectivity index (χ3v) is 3.95. The quantitative estimate of drug-likeness (QED) is 0.867. The second-order valence-electron chi connectivity index (χ2n) is 5.26. The Morgan fingerprint density at radius 1 is 1.18 bits per heavy atom. The van der Waals surface area contributed by atoms with E-state index in [1.807, 2.05) is 0 Å². The zero-order chi connectivity index (χ0) is 15.7. The number of aromatic nitrogens is 2. The first-order valence-corrected chi connectivity index (χ1v) is 7.00. The molecule has 7 heteroatoms. The van der Waals surface area contributed by atoms with E-state index in [1.54, 1.807) is 12.4 Å². The number of piperidine rings is 1. The smallest absolute Gasteiger partial charge is 0.256 e. The number of rotatable bonds is 2. The molecule has 0 aliphatic carbocycles. The van der Waals surface area contributed by atoms with E-state index in [2.05, 4.69) is 9.97 Å². The van der Waals surface area contributed by atoms with Crippen LogP contribution in [0.5, 0.6) is 0 Å². The molecule has 1 saturated heterocycles. The maximum Gasteiger partial charge on any atom is 0.256 e. The van der Waals surface area contributed by atoms with Gasteiger partial charge >= 0.3 is 0 Å². The topological polar surface area (TPSA) is 49.0 Å². The molecule has 1 aromatic heterocycles. The van der Waals surface area contributed by atoms with Crippen molar-refractivity contribution < 1.29 is 18.0 Å². The summed E-state index contributed by atoms with van der Waals surface area (Å²) in [6.07, 6.45) is 4.78. The van der Waals surface area contributed by atoms with E-state index >= 15 is 0 Å². The number of imidazole rings is 1. The number of likely N-dealkylation sites (tertiary alicyclic amines) is 1. The van der Waals surface area contributed by atoms with Crippen LogP contribution in [0.15, 0.2) is 24.5 Å². The molecule has 1 aliphatic heterocycles. The molecule has 0 spiro atoms. The number of nitrogens with zero attached hydrogens (tertiary/aromatic N) is 2. The fourth-order valence-electron chi connectivity index (χ4n) is 2.72. The first kappa shape index (κ1) is 14.6. The van der Waals surface area contributed by atoms with Crippen LogP contribution < -0.4 is 0 Å². The van der Waals surface area contributed by atoms with Gasteiger partial charge in [0, 0.05) is 31.4 Å². The van der Waals surface area contributed by atoms with E-state index in [9.17, 15) is 18.0 Å². The van der Waals surface area contributed by atoms with Gasteiger partial charge in [-0.15, -0.1) is 0 Å². The SMILES string of the molecule is O=C(c1ccc(F)c(F)c1F)N1CCC(c2ncc[nH]2)CC1. The van der Waals surface area contributed by atoms with Gasteiger partial charge in [0.1, 0.15) is 5.82 Å². The summed E-state index contributed by atoms with van der Waals surface area (Å²) in [5, 5.41) is 0. The van der Waals surface area contributed by atoms with Crippen molar-refractivity contribution in [3.63, 3.8) is 0 Å². The minimum absolute atomic E-state index is 0.217. The van der Waals surface area contributed by atoms with Gasteiger partial charge in [0.05, 0.1) is 5.56 Å². The van der Waals surface area contributed by atoms with E-state index in [0.717, 1.165) is 18.0 Å². The Kier molecular flexibility index (Phi) is 3.87. The van der Waals surface area contributed by atoms with Gasteiger partial charge in [0.25, 0.3) is 5.91 Å². The number of aromatic amines is 1. The number of benzene rings is 1. The molecule has 0 radical (unpaired) electrons. The van der Waals surface area contributed by atoms with Crippen LogP contribution in [0.3, 0.4) is 0 Å². The minimum Gasteiger partial charge on any atom is -0.348 e. The summed E-state index contributed by atoms with van der Waals surface area (Å²) >= 11 is 0. The van der Waals surface area contributed by atoms with Crippen LogP contribution in [0.25, 0.3) is 0 Å².